The van der Waals surface area contributed by atoms with Crippen molar-refractivity contribution in [3.8, 4) is 0 Å². The fourth-order valence-corrected chi connectivity index (χ4v) is 3.22. The molecule has 0 aliphatic carbocycles. The van der Waals surface area contributed by atoms with Crippen molar-refractivity contribution in [2.24, 2.45) is 4.99 Å². The number of aryl methyl sites for hydroxylation is 1. The summed E-state index contributed by atoms with van der Waals surface area (Å²) in [4.78, 5) is 11.0. The molecule has 140 valence electrons. The molecule has 1 aliphatic heterocycles. The van der Waals surface area contributed by atoms with Crippen LogP contribution in [0.15, 0.2) is 23.5 Å². The quantitative estimate of drug-likeness (QED) is 0.425. The number of pyridine rings is 1. The third-order valence-corrected chi connectivity index (χ3v) is 4.80. The number of ether oxygens (including phenoxy) is 1. The molecule has 2 rings (SSSR count). The zero-order chi connectivity index (χ0) is 17.9. The van der Waals surface area contributed by atoms with Gasteiger partial charge in [0.2, 0.25) is 0 Å². The maximum atomic E-state index is 5.13. The van der Waals surface area contributed by atoms with Crippen molar-refractivity contribution in [3.05, 3.63) is 29.6 Å². The molecule has 0 radical (unpaired) electrons. The molecule has 1 fully saturated rings. The molecular weight excluding hydrogens is 314 g/mol. The fraction of sp³-hybridized carbons (Fsp3) is 0.684. The number of guanidine groups is 1. The van der Waals surface area contributed by atoms with Crippen LogP contribution < -0.4 is 10.6 Å². The third kappa shape index (κ3) is 7.00. The van der Waals surface area contributed by atoms with Crippen LogP contribution >= 0.6 is 0 Å². The number of hydrogen-bond acceptors (Lipinski definition) is 4. The molecular formula is C19H33N5O. The Hall–Kier alpha value is -1.66. The van der Waals surface area contributed by atoms with Crippen LogP contribution in [0, 0.1) is 6.92 Å². The predicted octanol–water partition coefficient (Wildman–Crippen LogP) is 1.60. The SMILES string of the molecule is CN=C(NCCc1ccncc1C)NC1CCN(CCCOC)CC1. The maximum Gasteiger partial charge on any atom is 0.191 e. The minimum atomic E-state index is 0.507. The van der Waals surface area contributed by atoms with E-state index < -0.39 is 0 Å². The van der Waals surface area contributed by atoms with Gasteiger partial charge in [-0.2, -0.15) is 0 Å². The van der Waals surface area contributed by atoms with Crippen LogP contribution in [-0.4, -0.2) is 68.8 Å². The summed E-state index contributed by atoms with van der Waals surface area (Å²) >= 11 is 0. The van der Waals surface area contributed by atoms with Crippen LogP contribution in [-0.2, 0) is 11.2 Å². The smallest absolute Gasteiger partial charge is 0.191 e. The average molecular weight is 348 g/mol. The van der Waals surface area contributed by atoms with E-state index in [0.717, 1.165) is 64.4 Å². The average Bonchev–Trinajstić information content (AvgIpc) is 2.64. The molecule has 1 aliphatic rings. The number of nitrogens with one attached hydrogen (secondary N) is 2. The van der Waals surface area contributed by atoms with Crippen LogP contribution in [0.25, 0.3) is 0 Å². The van der Waals surface area contributed by atoms with E-state index >= 15 is 0 Å². The highest BCUT2D eigenvalue weighted by atomic mass is 16.5. The Morgan fingerprint density at radius 1 is 1.40 bits per heavy atom. The lowest BCUT2D eigenvalue weighted by Gasteiger charge is -2.33. The normalized spacial score (nSPS) is 16.8. The standard InChI is InChI=1S/C19H33N5O/c1-16-15-21-9-5-17(16)6-10-22-19(20-2)23-18-7-12-24(13-8-18)11-4-14-25-3/h5,9,15,18H,4,6-8,10-14H2,1-3H3,(H2,20,22,23). The number of piperidine rings is 1. The highest BCUT2D eigenvalue weighted by Crippen LogP contribution is 2.10. The molecule has 2 N–H and O–H groups in total. The van der Waals surface area contributed by atoms with Crippen LogP contribution in [0.3, 0.4) is 0 Å². The molecule has 0 amide bonds. The summed E-state index contributed by atoms with van der Waals surface area (Å²) in [6.07, 6.45) is 8.20. The molecule has 0 spiro atoms. The molecule has 2 heterocycles. The summed E-state index contributed by atoms with van der Waals surface area (Å²) in [5.74, 6) is 0.907. The van der Waals surface area contributed by atoms with Gasteiger partial charge in [-0.1, -0.05) is 0 Å². The number of rotatable bonds is 8. The van der Waals surface area contributed by atoms with Gasteiger partial charge < -0.3 is 20.3 Å². The van der Waals surface area contributed by atoms with E-state index in [1.165, 1.54) is 11.1 Å². The van der Waals surface area contributed by atoms with Gasteiger partial charge in [0.25, 0.3) is 0 Å². The summed E-state index contributed by atoms with van der Waals surface area (Å²) in [7, 11) is 3.61. The highest BCUT2D eigenvalue weighted by Gasteiger charge is 2.19. The molecule has 0 unspecified atom stereocenters. The van der Waals surface area contributed by atoms with Gasteiger partial charge in [-0.25, -0.2) is 0 Å². The van der Waals surface area contributed by atoms with Crippen molar-refractivity contribution in [2.45, 2.75) is 38.6 Å². The van der Waals surface area contributed by atoms with Gasteiger partial charge in [-0.3, -0.25) is 9.98 Å². The molecule has 25 heavy (non-hydrogen) atoms. The first-order chi connectivity index (χ1) is 12.2. The third-order valence-electron chi connectivity index (χ3n) is 4.80. The summed E-state index contributed by atoms with van der Waals surface area (Å²) in [6, 6.07) is 2.60. The van der Waals surface area contributed by atoms with Crippen LogP contribution in [0.1, 0.15) is 30.4 Å². The topological polar surface area (TPSA) is 61.8 Å². The van der Waals surface area contributed by atoms with Crippen LogP contribution in [0.5, 0.6) is 0 Å². The monoisotopic (exact) mass is 347 g/mol. The maximum absolute atomic E-state index is 5.13. The second-order valence-electron chi connectivity index (χ2n) is 6.66. The van der Waals surface area contributed by atoms with Gasteiger partial charge in [0, 0.05) is 65.4 Å². The molecule has 0 saturated carbocycles. The van der Waals surface area contributed by atoms with Crippen molar-refractivity contribution in [1.82, 2.24) is 20.5 Å². The summed E-state index contributed by atoms with van der Waals surface area (Å²) in [6.45, 7) is 7.27. The Labute approximate surface area is 152 Å². The Bertz CT molecular complexity index is 526. The molecule has 6 nitrogen and oxygen atoms in total. The van der Waals surface area contributed by atoms with Crippen molar-refractivity contribution in [2.75, 3.05) is 46.9 Å². The zero-order valence-corrected chi connectivity index (χ0v) is 15.9. The second-order valence-corrected chi connectivity index (χ2v) is 6.66. The number of hydrogen-bond donors (Lipinski definition) is 2. The lowest BCUT2D eigenvalue weighted by molar-refractivity contribution is 0.155. The zero-order valence-electron chi connectivity index (χ0n) is 15.9. The van der Waals surface area contributed by atoms with Gasteiger partial charge in [-0.05, 0) is 49.8 Å². The summed E-state index contributed by atoms with van der Waals surface area (Å²) < 4.78 is 5.13. The first kappa shape index (κ1) is 19.7. The second kappa shape index (κ2) is 11.1. The summed E-state index contributed by atoms with van der Waals surface area (Å²) in [5, 5.41) is 7.00. The van der Waals surface area contributed by atoms with Crippen LogP contribution in [0.2, 0.25) is 0 Å². The van der Waals surface area contributed by atoms with E-state index in [0.29, 0.717) is 6.04 Å². The van der Waals surface area contributed by atoms with E-state index in [1.54, 1.807) is 7.11 Å². The molecule has 1 saturated heterocycles. The van der Waals surface area contributed by atoms with E-state index in [2.05, 4.69) is 38.5 Å². The van der Waals surface area contributed by atoms with Gasteiger partial charge in [0.15, 0.2) is 5.96 Å². The van der Waals surface area contributed by atoms with E-state index in [4.69, 9.17) is 4.74 Å². The number of nitrogens with zero attached hydrogens (tertiary/aromatic N) is 3. The number of likely N-dealkylation sites (tertiary alicyclic amines) is 1. The van der Waals surface area contributed by atoms with Gasteiger partial charge in [0.1, 0.15) is 0 Å². The van der Waals surface area contributed by atoms with Crippen molar-refractivity contribution in [1.29, 1.82) is 0 Å². The molecule has 1 aromatic heterocycles. The molecule has 0 atom stereocenters. The Morgan fingerprint density at radius 3 is 2.88 bits per heavy atom. The van der Waals surface area contributed by atoms with Crippen molar-refractivity contribution in [3.63, 3.8) is 0 Å². The first-order valence-corrected chi connectivity index (χ1v) is 9.31. The Morgan fingerprint density at radius 2 is 2.20 bits per heavy atom. The van der Waals surface area contributed by atoms with E-state index in [9.17, 15) is 0 Å². The lowest BCUT2D eigenvalue weighted by Crippen LogP contribution is -2.49. The van der Waals surface area contributed by atoms with Gasteiger partial charge in [0.05, 0.1) is 0 Å². The predicted molar refractivity (Wildman–Crippen MR) is 103 cm³/mol. The molecule has 0 aromatic carbocycles. The summed E-state index contributed by atoms with van der Waals surface area (Å²) in [5.41, 5.74) is 2.58. The van der Waals surface area contributed by atoms with Crippen molar-refractivity contribution < 1.29 is 4.74 Å². The van der Waals surface area contributed by atoms with Gasteiger partial charge >= 0.3 is 0 Å². The minimum absolute atomic E-state index is 0.507. The highest BCUT2D eigenvalue weighted by molar-refractivity contribution is 5.79. The van der Waals surface area contributed by atoms with E-state index in [1.807, 2.05) is 19.4 Å². The molecule has 1 aromatic rings. The lowest BCUT2D eigenvalue weighted by atomic mass is 10.1. The number of methoxy groups -OCH3 is 1. The van der Waals surface area contributed by atoms with E-state index in [-0.39, 0.29) is 0 Å². The number of aromatic nitrogens is 1. The van der Waals surface area contributed by atoms with Gasteiger partial charge in [-0.15, -0.1) is 0 Å². The first-order valence-electron chi connectivity index (χ1n) is 9.31. The molecule has 6 heteroatoms. The molecule has 0 bridgehead atoms. The Kier molecular flexibility index (Phi) is 8.69. The fourth-order valence-electron chi connectivity index (χ4n) is 3.22. The minimum Gasteiger partial charge on any atom is -0.385 e. The largest absolute Gasteiger partial charge is 0.385 e. The Balaban J connectivity index is 1.66. The van der Waals surface area contributed by atoms with Crippen molar-refractivity contribution >= 4 is 5.96 Å². The number of aliphatic imine (C=N–C) groups is 1. The van der Waals surface area contributed by atoms with Crippen LogP contribution in [0.4, 0.5) is 0 Å².